The number of hydrogen-bond acceptors (Lipinski definition) is 4. The molecule has 0 radical (unpaired) electrons. The smallest absolute Gasteiger partial charge is 0.337 e. The van der Waals surface area contributed by atoms with E-state index >= 15 is 0 Å². The fourth-order valence-corrected chi connectivity index (χ4v) is 1.53. The zero-order valence-corrected chi connectivity index (χ0v) is 11.3. The Hall–Kier alpha value is -3.09. The van der Waals surface area contributed by atoms with Gasteiger partial charge in [0, 0.05) is 23.6 Å². The lowest BCUT2D eigenvalue weighted by Gasteiger charge is -2.09. The van der Waals surface area contributed by atoms with Crippen LogP contribution in [0.2, 0.25) is 0 Å². The minimum absolute atomic E-state index is 0.398. The van der Waals surface area contributed by atoms with Gasteiger partial charge in [0.25, 0.3) is 5.91 Å². The van der Waals surface area contributed by atoms with Gasteiger partial charge in [-0.2, -0.15) is 0 Å². The zero-order valence-electron chi connectivity index (χ0n) is 11.3. The third-order valence-electron chi connectivity index (χ3n) is 2.58. The van der Waals surface area contributed by atoms with E-state index in [2.05, 4.69) is 21.2 Å². The van der Waals surface area contributed by atoms with Gasteiger partial charge in [0.15, 0.2) is 0 Å². The van der Waals surface area contributed by atoms with Crippen molar-refractivity contribution in [3.05, 3.63) is 54.4 Å². The number of aromatic nitrogens is 1. The van der Waals surface area contributed by atoms with E-state index in [1.165, 1.54) is 12.4 Å². The molecule has 1 aromatic heterocycles. The number of nitrogens with zero attached hydrogens (tertiary/aromatic N) is 1. The van der Waals surface area contributed by atoms with E-state index < -0.39 is 11.9 Å². The van der Waals surface area contributed by atoms with Crippen LogP contribution in [0.15, 0.2) is 48.8 Å². The third-order valence-corrected chi connectivity index (χ3v) is 2.58. The molecule has 2 aromatic rings. The highest BCUT2D eigenvalue weighted by molar-refractivity contribution is 5.96. The van der Waals surface area contributed by atoms with E-state index in [9.17, 15) is 9.59 Å². The Morgan fingerprint density at radius 3 is 2.29 bits per heavy atom. The molecular formula is C14H14N4O3. The lowest BCUT2D eigenvalue weighted by atomic mass is 10.3. The first-order chi connectivity index (χ1) is 10.2. The second kappa shape index (κ2) is 6.90. The second-order valence-corrected chi connectivity index (χ2v) is 4.00. The molecule has 0 fully saturated rings. The van der Waals surface area contributed by atoms with Gasteiger partial charge in [0.2, 0.25) is 0 Å². The minimum Gasteiger partial charge on any atom is -0.497 e. The lowest BCUT2D eigenvalue weighted by Crippen LogP contribution is -2.43. The Morgan fingerprint density at radius 1 is 1.00 bits per heavy atom. The largest absolute Gasteiger partial charge is 0.497 e. The fraction of sp³-hybridized carbons (Fsp3) is 0.0714. The molecule has 3 amide bonds. The standard InChI is InChI=1S/C14H14N4O3/c1-21-12-4-2-11(3-5-12)16-14(20)18-17-13(19)10-6-8-15-9-7-10/h2-9H,1H3,(H,17,19)(H2,16,18,20). The van der Waals surface area contributed by atoms with E-state index in [1.807, 2.05) is 0 Å². The minimum atomic E-state index is -0.553. The molecule has 1 aromatic carbocycles. The summed E-state index contributed by atoms with van der Waals surface area (Å²) in [6, 6.07) is 9.32. The molecule has 0 saturated heterocycles. The van der Waals surface area contributed by atoms with Gasteiger partial charge in [0.05, 0.1) is 7.11 Å². The number of carbonyl (C=O) groups excluding carboxylic acids is 2. The molecule has 0 atom stereocenters. The Kier molecular flexibility index (Phi) is 4.70. The summed E-state index contributed by atoms with van der Waals surface area (Å²) in [6.07, 6.45) is 2.98. The maximum Gasteiger partial charge on any atom is 0.337 e. The molecule has 0 unspecified atom stereocenters. The highest BCUT2D eigenvalue weighted by atomic mass is 16.5. The van der Waals surface area contributed by atoms with Gasteiger partial charge in [-0.25, -0.2) is 10.2 Å². The van der Waals surface area contributed by atoms with Crippen LogP contribution < -0.4 is 20.9 Å². The molecule has 7 heteroatoms. The zero-order chi connectivity index (χ0) is 15.1. The number of hydrazine groups is 1. The van der Waals surface area contributed by atoms with Crippen LogP contribution in [0.5, 0.6) is 5.75 Å². The first-order valence-electron chi connectivity index (χ1n) is 6.10. The van der Waals surface area contributed by atoms with Crippen molar-refractivity contribution in [2.24, 2.45) is 0 Å². The number of amides is 3. The van der Waals surface area contributed by atoms with E-state index in [1.54, 1.807) is 43.5 Å². The molecule has 0 spiro atoms. The number of methoxy groups -OCH3 is 1. The molecule has 2 rings (SSSR count). The van der Waals surface area contributed by atoms with Crippen molar-refractivity contribution in [2.75, 3.05) is 12.4 Å². The van der Waals surface area contributed by atoms with Crippen LogP contribution in [-0.2, 0) is 0 Å². The number of carbonyl (C=O) groups is 2. The normalized spacial score (nSPS) is 9.57. The van der Waals surface area contributed by atoms with E-state index in [0.29, 0.717) is 17.0 Å². The van der Waals surface area contributed by atoms with E-state index in [0.717, 1.165) is 0 Å². The number of hydrogen-bond donors (Lipinski definition) is 3. The number of urea groups is 1. The van der Waals surface area contributed by atoms with Gasteiger partial charge in [-0.3, -0.25) is 15.2 Å². The summed E-state index contributed by atoms with van der Waals surface area (Å²) >= 11 is 0. The van der Waals surface area contributed by atoms with Crippen molar-refractivity contribution in [1.82, 2.24) is 15.8 Å². The predicted molar refractivity (Wildman–Crippen MR) is 76.9 cm³/mol. The van der Waals surface area contributed by atoms with E-state index in [-0.39, 0.29) is 0 Å². The number of anilines is 1. The molecular weight excluding hydrogens is 272 g/mol. The number of rotatable bonds is 3. The topological polar surface area (TPSA) is 92.4 Å². The number of ether oxygens (including phenoxy) is 1. The summed E-state index contributed by atoms with van der Waals surface area (Å²) in [4.78, 5) is 27.1. The highest BCUT2D eigenvalue weighted by Crippen LogP contribution is 2.14. The third kappa shape index (κ3) is 4.20. The summed E-state index contributed by atoms with van der Waals surface area (Å²) in [6.45, 7) is 0. The molecule has 1 heterocycles. The van der Waals surface area contributed by atoms with Crippen LogP contribution in [0, 0.1) is 0 Å². The van der Waals surface area contributed by atoms with Gasteiger partial charge >= 0.3 is 6.03 Å². The van der Waals surface area contributed by atoms with Crippen molar-refractivity contribution in [3.63, 3.8) is 0 Å². The van der Waals surface area contributed by atoms with Crippen LogP contribution in [0.1, 0.15) is 10.4 Å². The van der Waals surface area contributed by atoms with Crippen LogP contribution in [0.25, 0.3) is 0 Å². The predicted octanol–water partition coefficient (Wildman–Crippen LogP) is 1.56. The van der Waals surface area contributed by atoms with Crippen LogP contribution in [-0.4, -0.2) is 24.0 Å². The fourth-order valence-electron chi connectivity index (χ4n) is 1.53. The van der Waals surface area contributed by atoms with Gasteiger partial charge in [-0.15, -0.1) is 0 Å². The molecule has 7 nitrogen and oxygen atoms in total. The summed E-state index contributed by atoms with van der Waals surface area (Å²) in [7, 11) is 1.56. The summed E-state index contributed by atoms with van der Waals surface area (Å²) in [5.41, 5.74) is 5.52. The maximum absolute atomic E-state index is 11.7. The number of nitrogens with one attached hydrogen (secondary N) is 3. The molecule has 0 saturated carbocycles. The van der Waals surface area contributed by atoms with Crippen molar-refractivity contribution in [2.45, 2.75) is 0 Å². The highest BCUT2D eigenvalue weighted by Gasteiger charge is 2.06. The van der Waals surface area contributed by atoms with Gasteiger partial charge < -0.3 is 10.1 Å². The summed E-state index contributed by atoms with van der Waals surface area (Å²) in [5.74, 6) is 0.259. The lowest BCUT2D eigenvalue weighted by molar-refractivity contribution is 0.0938. The summed E-state index contributed by atoms with van der Waals surface area (Å²) in [5, 5.41) is 2.57. The monoisotopic (exact) mass is 286 g/mol. The quantitative estimate of drug-likeness (QED) is 0.746. The number of pyridine rings is 1. The molecule has 0 aliphatic rings. The van der Waals surface area contributed by atoms with Gasteiger partial charge in [-0.05, 0) is 36.4 Å². The van der Waals surface area contributed by atoms with Crippen LogP contribution >= 0.6 is 0 Å². The molecule has 0 aliphatic carbocycles. The Bertz CT molecular complexity index is 614. The Morgan fingerprint density at radius 2 is 1.67 bits per heavy atom. The molecule has 3 N–H and O–H groups in total. The van der Waals surface area contributed by atoms with Crippen LogP contribution in [0.3, 0.4) is 0 Å². The van der Waals surface area contributed by atoms with Gasteiger partial charge in [-0.1, -0.05) is 0 Å². The molecule has 21 heavy (non-hydrogen) atoms. The van der Waals surface area contributed by atoms with E-state index in [4.69, 9.17) is 4.74 Å². The first-order valence-corrected chi connectivity index (χ1v) is 6.10. The average molecular weight is 286 g/mol. The Balaban J connectivity index is 1.83. The van der Waals surface area contributed by atoms with Crippen molar-refractivity contribution >= 4 is 17.6 Å². The maximum atomic E-state index is 11.7. The van der Waals surface area contributed by atoms with Crippen LogP contribution in [0.4, 0.5) is 10.5 Å². The molecule has 0 bridgehead atoms. The second-order valence-electron chi connectivity index (χ2n) is 4.00. The average Bonchev–Trinajstić information content (AvgIpc) is 2.54. The van der Waals surface area contributed by atoms with Crippen molar-refractivity contribution in [3.8, 4) is 5.75 Å². The first kappa shape index (κ1) is 14.3. The SMILES string of the molecule is COc1ccc(NC(=O)NNC(=O)c2ccncc2)cc1. The van der Waals surface area contributed by atoms with Gasteiger partial charge in [0.1, 0.15) is 5.75 Å². The Labute approximate surface area is 121 Å². The molecule has 108 valence electrons. The molecule has 0 aliphatic heterocycles. The number of benzene rings is 1. The summed E-state index contributed by atoms with van der Waals surface area (Å²) < 4.78 is 5.01. The van der Waals surface area contributed by atoms with Crippen molar-refractivity contribution in [1.29, 1.82) is 0 Å². The van der Waals surface area contributed by atoms with Crippen molar-refractivity contribution < 1.29 is 14.3 Å².